The molecule has 16 N–H and O–H groups in total. The summed E-state index contributed by atoms with van der Waals surface area (Å²) in [4.78, 5) is 68.4. The fraction of sp³-hybridized carbons (Fsp3) is 0. The Bertz CT molecular complexity index is 361. The fourth-order valence-corrected chi connectivity index (χ4v) is 0. The molecule has 0 radical (unpaired) electrons. The number of rotatable bonds is 0. The molecular formula is C8H17KO24. The van der Waals surface area contributed by atoms with Crippen molar-refractivity contribution < 1.29 is 120 Å². The molecule has 0 saturated carbocycles. The van der Waals surface area contributed by atoms with E-state index in [9.17, 15) is 0 Å². The van der Waals surface area contributed by atoms with Crippen molar-refractivity contribution in [3.8, 4) is 0 Å². The van der Waals surface area contributed by atoms with Crippen LogP contribution in [0.4, 0.5) is 38.4 Å². The van der Waals surface area contributed by atoms with Crippen molar-refractivity contribution in [1.82, 2.24) is 0 Å². The average Bonchev–Trinajstić information content (AvgIpc) is 2.30. The Morgan fingerprint density at radius 1 is 0.212 bits per heavy atom. The zero-order chi connectivity index (χ0) is 28.6. The quantitative estimate of drug-likeness (QED) is 0.193. The second-order valence-electron chi connectivity index (χ2n) is 2.26. The number of carbonyl (C=O) groups is 8. The van der Waals surface area contributed by atoms with Crippen LogP contribution in [0.15, 0.2) is 0 Å². The molecule has 0 aliphatic heterocycles. The van der Waals surface area contributed by atoms with Crippen molar-refractivity contribution in [2.75, 3.05) is 0 Å². The molecule has 194 valence electrons. The van der Waals surface area contributed by atoms with Crippen molar-refractivity contribution >= 4 is 101 Å². The zero-order valence-corrected chi connectivity index (χ0v) is 14.4. The molecule has 0 unspecified atom stereocenters. The molecule has 0 aliphatic rings. The van der Waals surface area contributed by atoms with Gasteiger partial charge in [0, 0.05) is 0 Å². The summed E-state index contributed by atoms with van der Waals surface area (Å²) < 4.78 is 0. The van der Waals surface area contributed by atoms with Gasteiger partial charge in [-0.3, -0.25) is 0 Å². The second kappa shape index (κ2) is 50.9. The topological polar surface area (TPSA) is 460 Å². The van der Waals surface area contributed by atoms with Crippen molar-refractivity contribution in [1.29, 1.82) is 0 Å². The van der Waals surface area contributed by atoms with Gasteiger partial charge >= 0.3 is 101 Å². The Morgan fingerprint density at radius 2 is 0.212 bits per heavy atom. The number of hydrogen-bond donors (Lipinski definition) is 16. The monoisotopic (exact) mass is 536 g/mol. The summed E-state index contributed by atoms with van der Waals surface area (Å²) in [5.41, 5.74) is 0. The molecule has 24 nitrogen and oxygen atoms in total. The fourth-order valence-electron chi connectivity index (χ4n) is 0. The van der Waals surface area contributed by atoms with Crippen molar-refractivity contribution in [3.05, 3.63) is 0 Å². The molecule has 0 aromatic heterocycles. The predicted molar refractivity (Wildman–Crippen MR) is 92.4 cm³/mol. The predicted octanol–water partition coefficient (Wildman–Crippen LogP) is 1.13. The summed E-state index contributed by atoms with van der Waals surface area (Å²) in [6.45, 7) is 0. The third-order valence-corrected chi connectivity index (χ3v) is 0. The van der Waals surface area contributed by atoms with Crippen molar-refractivity contribution in [2.24, 2.45) is 0 Å². The van der Waals surface area contributed by atoms with Gasteiger partial charge in [-0.1, -0.05) is 0 Å². The average molecular weight is 536 g/mol. The molecule has 0 fully saturated rings. The van der Waals surface area contributed by atoms with Crippen molar-refractivity contribution in [3.63, 3.8) is 0 Å². The van der Waals surface area contributed by atoms with Crippen molar-refractivity contribution in [2.45, 2.75) is 0 Å². The van der Waals surface area contributed by atoms with E-state index in [-0.39, 0.29) is 51.4 Å². The van der Waals surface area contributed by atoms with Gasteiger partial charge in [0.1, 0.15) is 0 Å². The zero-order valence-electron chi connectivity index (χ0n) is 14.4. The van der Waals surface area contributed by atoms with Gasteiger partial charge in [-0.15, -0.1) is 0 Å². The summed E-state index contributed by atoms with van der Waals surface area (Å²) in [5.74, 6) is 0. The van der Waals surface area contributed by atoms with Crippen LogP contribution in [-0.2, 0) is 0 Å². The van der Waals surface area contributed by atoms with E-state index in [1.54, 1.807) is 0 Å². The summed E-state index contributed by atoms with van der Waals surface area (Å²) >= 11 is 0. The minimum absolute atomic E-state index is 0. The molecule has 0 atom stereocenters. The van der Waals surface area contributed by atoms with Gasteiger partial charge in [0.15, 0.2) is 0 Å². The number of hydrogen-bond acceptors (Lipinski definition) is 8. The first-order valence-electron chi connectivity index (χ1n) is 5.21. The Balaban J connectivity index is -0.0000000284. The van der Waals surface area contributed by atoms with E-state index in [0.717, 1.165) is 0 Å². The van der Waals surface area contributed by atoms with Crippen LogP contribution in [0.3, 0.4) is 0 Å². The molecule has 0 aromatic rings. The van der Waals surface area contributed by atoms with Gasteiger partial charge < -0.3 is 81.7 Å². The summed E-state index contributed by atoms with van der Waals surface area (Å²) in [6, 6.07) is 0. The molecule has 25 heteroatoms. The summed E-state index contributed by atoms with van der Waals surface area (Å²) in [5, 5.41) is 112. The molecule has 33 heavy (non-hydrogen) atoms. The Morgan fingerprint density at radius 3 is 0.212 bits per heavy atom. The Kier molecular flexibility index (Phi) is 87.6. The van der Waals surface area contributed by atoms with E-state index >= 15 is 0 Å². The summed E-state index contributed by atoms with van der Waals surface area (Å²) in [7, 11) is 0. The first kappa shape index (κ1) is 56.8. The van der Waals surface area contributed by atoms with E-state index in [1.807, 2.05) is 0 Å². The van der Waals surface area contributed by atoms with E-state index in [2.05, 4.69) is 0 Å². The molecule has 0 saturated heterocycles. The molecule has 0 aromatic carbocycles. The Labute approximate surface area is 219 Å². The third-order valence-electron chi connectivity index (χ3n) is 0. The van der Waals surface area contributed by atoms with Crippen LogP contribution in [0.1, 0.15) is 0 Å². The molecule has 0 heterocycles. The van der Waals surface area contributed by atoms with Gasteiger partial charge in [-0.25, -0.2) is 38.4 Å². The van der Waals surface area contributed by atoms with E-state index in [0.29, 0.717) is 0 Å². The van der Waals surface area contributed by atoms with E-state index in [4.69, 9.17) is 120 Å². The van der Waals surface area contributed by atoms with Crippen LogP contribution in [0.25, 0.3) is 0 Å². The van der Waals surface area contributed by atoms with E-state index < -0.39 is 49.2 Å². The third kappa shape index (κ3) is 1050. The molecule has 0 bridgehead atoms. The molecule has 0 rings (SSSR count). The van der Waals surface area contributed by atoms with Gasteiger partial charge in [0.05, 0.1) is 0 Å². The van der Waals surface area contributed by atoms with Gasteiger partial charge in [0.2, 0.25) is 0 Å². The van der Waals surface area contributed by atoms with Crippen LogP contribution in [-0.4, -0.2) is 182 Å². The first-order valence-corrected chi connectivity index (χ1v) is 5.21. The summed E-state index contributed by atoms with van der Waals surface area (Å²) in [6.07, 6.45) is -14.7. The van der Waals surface area contributed by atoms with Gasteiger partial charge in [-0.05, 0) is 0 Å². The standard InChI is InChI=1S/8CH2O3.K.H/c8*2-1(3)4;;/h8*(H2,2,3,4);;. The molecule has 0 aliphatic carbocycles. The number of carboxylic acid groups (broad SMARTS) is 16. The maximum absolute atomic E-state index is 8.56. The minimum atomic E-state index is -1.83. The Hall–Kier alpha value is -4.20. The molecular weight excluding hydrogens is 519 g/mol. The van der Waals surface area contributed by atoms with Crippen LogP contribution in [0.5, 0.6) is 0 Å². The molecule has 0 amide bonds. The van der Waals surface area contributed by atoms with Gasteiger partial charge in [0.25, 0.3) is 0 Å². The van der Waals surface area contributed by atoms with Crippen LogP contribution < -0.4 is 0 Å². The first-order chi connectivity index (χ1) is 13.9. The van der Waals surface area contributed by atoms with E-state index in [1.165, 1.54) is 0 Å². The van der Waals surface area contributed by atoms with Crippen LogP contribution >= 0.6 is 0 Å². The SMILES string of the molecule is O=C(O)O.O=C(O)O.O=C(O)O.O=C(O)O.O=C(O)O.O=C(O)O.O=C(O)O.O=C(O)O.[KH]. The van der Waals surface area contributed by atoms with Crippen LogP contribution in [0.2, 0.25) is 0 Å². The van der Waals surface area contributed by atoms with Crippen LogP contribution in [0, 0.1) is 0 Å². The van der Waals surface area contributed by atoms with Gasteiger partial charge in [-0.2, -0.15) is 0 Å². The molecule has 0 spiro atoms. The maximum atomic E-state index is 8.56. The second-order valence-corrected chi connectivity index (χ2v) is 2.26. The normalized spacial score (nSPS) is 5.82.